The first-order valence-electron chi connectivity index (χ1n) is 8.90. The molecule has 23 heavy (non-hydrogen) atoms. The van der Waals surface area contributed by atoms with Crippen LogP contribution >= 0.6 is 0 Å². The lowest BCUT2D eigenvalue weighted by Crippen LogP contribution is -2.51. The molecule has 2 heterocycles. The van der Waals surface area contributed by atoms with Crippen LogP contribution in [-0.2, 0) is 7.05 Å². The van der Waals surface area contributed by atoms with Gasteiger partial charge in [0.05, 0.1) is 5.69 Å². The molecule has 1 aromatic heterocycles. The molecule has 6 nitrogen and oxygen atoms in total. The molecule has 1 aliphatic carbocycles. The number of nitrogens with two attached hydrogens (primary N) is 1. The maximum Gasteiger partial charge on any atom is 0.257 e. The van der Waals surface area contributed by atoms with Crippen molar-refractivity contribution in [1.82, 2.24) is 20.0 Å². The second kappa shape index (κ2) is 6.91. The number of nitrogen functional groups attached to an aromatic ring is 1. The lowest BCUT2D eigenvalue weighted by molar-refractivity contribution is 0.0836. The summed E-state index contributed by atoms with van der Waals surface area (Å²) in [4.78, 5) is 15.2. The molecule has 0 bridgehead atoms. The highest BCUT2D eigenvalue weighted by Gasteiger charge is 2.29. The number of piperidine rings is 1. The molecular weight excluding hydrogens is 290 g/mol. The van der Waals surface area contributed by atoms with Gasteiger partial charge in [0.15, 0.2) is 0 Å². The Bertz CT molecular complexity index is 562. The van der Waals surface area contributed by atoms with E-state index in [1.165, 1.54) is 38.6 Å². The average Bonchev–Trinajstić information content (AvgIpc) is 2.81. The Hall–Kier alpha value is -1.56. The summed E-state index contributed by atoms with van der Waals surface area (Å²) in [6.07, 6.45) is 8.92. The fourth-order valence-corrected chi connectivity index (χ4v) is 4.12. The van der Waals surface area contributed by atoms with Gasteiger partial charge in [0, 0.05) is 25.7 Å². The number of rotatable bonds is 3. The van der Waals surface area contributed by atoms with E-state index in [2.05, 4.69) is 15.3 Å². The van der Waals surface area contributed by atoms with Crippen molar-refractivity contribution in [2.45, 2.75) is 64.0 Å². The first kappa shape index (κ1) is 16.3. The smallest absolute Gasteiger partial charge is 0.257 e. The molecule has 1 unspecified atom stereocenters. The van der Waals surface area contributed by atoms with Crippen LogP contribution in [0.4, 0.5) is 5.82 Å². The van der Waals surface area contributed by atoms with Crippen LogP contribution < -0.4 is 11.1 Å². The molecule has 3 rings (SSSR count). The normalized spacial score (nSPS) is 23.8. The third-order valence-electron chi connectivity index (χ3n) is 5.37. The van der Waals surface area contributed by atoms with Gasteiger partial charge in [-0.05, 0) is 39.2 Å². The zero-order valence-electron chi connectivity index (χ0n) is 14.3. The molecule has 1 saturated carbocycles. The van der Waals surface area contributed by atoms with Crippen LogP contribution in [0, 0.1) is 6.92 Å². The molecular formula is C17H29N5O. The SMILES string of the molecule is Cc1nn(C)c(N)c1C(=O)NC1CCCN(C2CCCCC2)C1. The molecule has 1 aliphatic heterocycles. The number of nitrogens with one attached hydrogen (secondary N) is 1. The van der Waals surface area contributed by atoms with Crippen molar-refractivity contribution in [2.75, 3.05) is 18.8 Å². The van der Waals surface area contributed by atoms with Crippen LogP contribution in [-0.4, -0.2) is 45.8 Å². The molecule has 1 amide bonds. The number of carbonyl (C=O) groups is 1. The summed E-state index contributed by atoms with van der Waals surface area (Å²) < 4.78 is 1.57. The van der Waals surface area contributed by atoms with E-state index in [1.54, 1.807) is 11.7 Å². The standard InChI is InChI=1S/C17H29N5O/c1-12-15(16(18)21(2)20-12)17(23)19-13-7-6-10-22(11-13)14-8-4-3-5-9-14/h13-14H,3-11,18H2,1-2H3,(H,19,23). The van der Waals surface area contributed by atoms with E-state index < -0.39 is 0 Å². The van der Waals surface area contributed by atoms with E-state index in [9.17, 15) is 4.79 Å². The monoisotopic (exact) mass is 319 g/mol. The summed E-state index contributed by atoms with van der Waals surface area (Å²) in [6.45, 7) is 3.97. The Balaban J connectivity index is 1.62. The van der Waals surface area contributed by atoms with Crippen molar-refractivity contribution in [3.63, 3.8) is 0 Å². The Morgan fingerprint density at radius 1 is 1.22 bits per heavy atom. The highest BCUT2D eigenvalue weighted by atomic mass is 16.1. The van der Waals surface area contributed by atoms with E-state index in [0.29, 0.717) is 23.1 Å². The number of likely N-dealkylation sites (tertiary alicyclic amines) is 1. The molecule has 1 saturated heterocycles. The Morgan fingerprint density at radius 3 is 2.61 bits per heavy atom. The zero-order chi connectivity index (χ0) is 16.4. The lowest BCUT2D eigenvalue weighted by atomic mass is 9.92. The third kappa shape index (κ3) is 3.52. The number of aryl methyl sites for hydroxylation is 2. The van der Waals surface area contributed by atoms with E-state index >= 15 is 0 Å². The highest BCUT2D eigenvalue weighted by Crippen LogP contribution is 2.25. The van der Waals surface area contributed by atoms with Crippen LogP contribution in [0.25, 0.3) is 0 Å². The summed E-state index contributed by atoms with van der Waals surface area (Å²) in [5, 5.41) is 7.42. The van der Waals surface area contributed by atoms with Crippen LogP contribution in [0.3, 0.4) is 0 Å². The maximum absolute atomic E-state index is 12.6. The molecule has 0 aromatic carbocycles. The fourth-order valence-electron chi connectivity index (χ4n) is 4.12. The number of hydrogen-bond acceptors (Lipinski definition) is 4. The van der Waals surface area contributed by atoms with Crippen molar-refractivity contribution < 1.29 is 4.79 Å². The summed E-state index contributed by atoms with van der Waals surface area (Å²) in [5.74, 6) is 0.364. The first-order chi connectivity index (χ1) is 11.1. The van der Waals surface area contributed by atoms with Crippen molar-refractivity contribution in [3.05, 3.63) is 11.3 Å². The van der Waals surface area contributed by atoms with Crippen molar-refractivity contribution >= 4 is 11.7 Å². The van der Waals surface area contributed by atoms with Gasteiger partial charge in [-0.3, -0.25) is 14.4 Å². The van der Waals surface area contributed by atoms with Gasteiger partial charge in [-0.25, -0.2) is 0 Å². The van der Waals surface area contributed by atoms with Crippen LogP contribution in [0.15, 0.2) is 0 Å². The van der Waals surface area contributed by atoms with Gasteiger partial charge in [-0.15, -0.1) is 0 Å². The minimum Gasteiger partial charge on any atom is -0.383 e. The quantitative estimate of drug-likeness (QED) is 0.891. The predicted molar refractivity (Wildman–Crippen MR) is 91.3 cm³/mol. The van der Waals surface area contributed by atoms with Crippen LogP contribution in [0.1, 0.15) is 61.0 Å². The topological polar surface area (TPSA) is 76.2 Å². The molecule has 0 spiro atoms. The predicted octanol–water partition coefficient (Wildman–Crippen LogP) is 1.84. The van der Waals surface area contributed by atoms with Gasteiger partial charge < -0.3 is 11.1 Å². The molecule has 2 fully saturated rings. The molecule has 2 aliphatic rings. The number of hydrogen-bond donors (Lipinski definition) is 2. The first-order valence-corrected chi connectivity index (χ1v) is 8.90. The van der Waals surface area contributed by atoms with Gasteiger partial charge in [0.25, 0.3) is 5.91 Å². The van der Waals surface area contributed by atoms with Gasteiger partial charge in [-0.1, -0.05) is 19.3 Å². The zero-order valence-corrected chi connectivity index (χ0v) is 14.3. The molecule has 1 aromatic rings. The van der Waals surface area contributed by atoms with Crippen molar-refractivity contribution in [2.24, 2.45) is 7.05 Å². The highest BCUT2D eigenvalue weighted by molar-refractivity contribution is 5.99. The van der Waals surface area contributed by atoms with Gasteiger partial charge in [-0.2, -0.15) is 5.10 Å². The molecule has 0 radical (unpaired) electrons. The lowest BCUT2D eigenvalue weighted by Gasteiger charge is -2.40. The third-order valence-corrected chi connectivity index (χ3v) is 5.37. The van der Waals surface area contributed by atoms with E-state index in [-0.39, 0.29) is 11.9 Å². The second-order valence-corrected chi connectivity index (χ2v) is 7.07. The Labute approximate surface area is 138 Å². The summed E-state index contributed by atoms with van der Waals surface area (Å²) in [6, 6.07) is 0.936. The molecule has 6 heteroatoms. The molecule has 3 N–H and O–H groups in total. The number of amides is 1. The number of aromatic nitrogens is 2. The summed E-state index contributed by atoms with van der Waals surface area (Å²) in [7, 11) is 1.77. The number of nitrogens with zero attached hydrogens (tertiary/aromatic N) is 3. The summed E-state index contributed by atoms with van der Waals surface area (Å²) in [5.41, 5.74) is 7.21. The van der Waals surface area contributed by atoms with Gasteiger partial charge in [0.1, 0.15) is 11.4 Å². The number of anilines is 1. The van der Waals surface area contributed by atoms with Gasteiger partial charge in [0.2, 0.25) is 0 Å². The molecule has 128 valence electrons. The number of carbonyl (C=O) groups excluding carboxylic acids is 1. The van der Waals surface area contributed by atoms with Crippen LogP contribution in [0.5, 0.6) is 0 Å². The largest absolute Gasteiger partial charge is 0.383 e. The molecule has 1 atom stereocenters. The van der Waals surface area contributed by atoms with Crippen molar-refractivity contribution in [3.8, 4) is 0 Å². The second-order valence-electron chi connectivity index (χ2n) is 7.07. The maximum atomic E-state index is 12.6. The average molecular weight is 319 g/mol. The Kier molecular flexibility index (Phi) is 4.90. The van der Waals surface area contributed by atoms with Gasteiger partial charge >= 0.3 is 0 Å². The van der Waals surface area contributed by atoms with E-state index in [0.717, 1.165) is 19.4 Å². The Morgan fingerprint density at radius 2 is 1.96 bits per heavy atom. The van der Waals surface area contributed by atoms with E-state index in [1.807, 2.05) is 6.92 Å². The fraction of sp³-hybridized carbons (Fsp3) is 0.765. The minimum atomic E-state index is -0.0800. The van der Waals surface area contributed by atoms with Crippen molar-refractivity contribution in [1.29, 1.82) is 0 Å². The minimum absolute atomic E-state index is 0.0800. The summed E-state index contributed by atoms with van der Waals surface area (Å²) >= 11 is 0. The van der Waals surface area contributed by atoms with Crippen LogP contribution in [0.2, 0.25) is 0 Å². The van der Waals surface area contributed by atoms with E-state index in [4.69, 9.17) is 5.73 Å².